The molecule has 1 aliphatic heterocycles. The van der Waals surface area contributed by atoms with Crippen LogP contribution in [0.4, 0.5) is 5.82 Å². The number of hydrogen-bond acceptors (Lipinski definition) is 6. The van der Waals surface area contributed by atoms with Gasteiger partial charge in [0.05, 0.1) is 11.8 Å². The molecule has 1 atom stereocenters. The predicted molar refractivity (Wildman–Crippen MR) is 143 cm³/mol. The molecule has 0 saturated carbocycles. The lowest BCUT2D eigenvalue weighted by Gasteiger charge is -2.33. The van der Waals surface area contributed by atoms with Crippen LogP contribution in [-0.4, -0.2) is 60.3 Å². The van der Waals surface area contributed by atoms with Crippen LogP contribution in [0.15, 0.2) is 54.7 Å². The molecule has 8 nitrogen and oxygen atoms in total. The molecule has 188 valence electrons. The van der Waals surface area contributed by atoms with E-state index < -0.39 is 10.0 Å². The molecule has 0 amide bonds. The van der Waals surface area contributed by atoms with Crippen LogP contribution in [0.5, 0.6) is 5.75 Å². The molecule has 1 fully saturated rings. The summed E-state index contributed by atoms with van der Waals surface area (Å²) < 4.78 is 31.2. The number of fused-ring (bicyclic) bond motifs is 1. The SMILES string of the molecule is C[C@@H](Oc1ccc2[nH]nc(-c3ccc(N4CCN(S(C)(=O)=O)CC4)nc3)c2c1)c1c(Cl)cccc1Cl. The summed E-state index contributed by atoms with van der Waals surface area (Å²) in [6.45, 7) is 4.00. The van der Waals surface area contributed by atoms with Crippen molar-refractivity contribution >= 4 is 49.9 Å². The molecule has 0 bridgehead atoms. The van der Waals surface area contributed by atoms with Crippen molar-refractivity contribution in [2.24, 2.45) is 0 Å². The number of piperazine rings is 1. The fourth-order valence-corrected chi connectivity index (χ4v) is 5.94. The van der Waals surface area contributed by atoms with Crippen molar-refractivity contribution in [1.29, 1.82) is 0 Å². The normalized spacial score (nSPS) is 15.8. The van der Waals surface area contributed by atoms with Gasteiger partial charge < -0.3 is 9.64 Å². The van der Waals surface area contributed by atoms with Crippen LogP contribution in [0, 0.1) is 0 Å². The summed E-state index contributed by atoms with van der Waals surface area (Å²) in [5.41, 5.74) is 3.24. The van der Waals surface area contributed by atoms with Gasteiger partial charge in [0.25, 0.3) is 0 Å². The van der Waals surface area contributed by atoms with E-state index in [1.165, 1.54) is 10.6 Å². The molecule has 2 aromatic heterocycles. The average Bonchev–Trinajstić information content (AvgIpc) is 3.27. The lowest BCUT2D eigenvalue weighted by molar-refractivity contribution is 0.227. The Hall–Kier alpha value is -2.85. The Morgan fingerprint density at radius 1 is 1.03 bits per heavy atom. The van der Waals surface area contributed by atoms with Crippen LogP contribution in [0.2, 0.25) is 10.0 Å². The van der Waals surface area contributed by atoms with Gasteiger partial charge in [0.1, 0.15) is 23.4 Å². The molecular weight excluding hydrogens is 521 g/mol. The number of nitrogens with zero attached hydrogens (tertiary/aromatic N) is 4. The molecule has 4 aromatic rings. The molecule has 0 aliphatic carbocycles. The molecule has 1 saturated heterocycles. The van der Waals surface area contributed by atoms with Gasteiger partial charge in [0.15, 0.2) is 0 Å². The minimum atomic E-state index is -3.17. The molecular formula is C25H25Cl2N5O3S. The molecule has 1 N–H and O–H groups in total. The first-order valence-electron chi connectivity index (χ1n) is 11.5. The van der Waals surface area contributed by atoms with Crippen molar-refractivity contribution in [3.05, 3.63) is 70.3 Å². The van der Waals surface area contributed by atoms with Gasteiger partial charge in [-0.2, -0.15) is 9.40 Å². The largest absolute Gasteiger partial charge is 0.486 e. The van der Waals surface area contributed by atoms with Crippen LogP contribution >= 0.6 is 23.2 Å². The van der Waals surface area contributed by atoms with E-state index >= 15 is 0 Å². The molecule has 1 aliphatic rings. The van der Waals surface area contributed by atoms with Gasteiger partial charge in [0.2, 0.25) is 10.0 Å². The Kier molecular flexibility index (Phi) is 6.82. The average molecular weight is 546 g/mol. The van der Waals surface area contributed by atoms with Crippen molar-refractivity contribution < 1.29 is 13.2 Å². The zero-order chi connectivity index (χ0) is 25.4. The summed E-state index contributed by atoms with van der Waals surface area (Å²) in [5.74, 6) is 1.48. The van der Waals surface area contributed by atoms with Crippen molar-refractivity contribution in [1.82, 2.24) is 19.5 Å². The molecule has 0 spiro atoms. The summed E-state index contributed by atoms with van der Waals surface area (Å²) in [6.07, 6.45) is 2.68. The van der Waals surface area contributed by atoms with Crippen molar-refractivity contribution in [2.45, 2.75) is 13.0 Å². The van der Waals surface area contributed by atoms with E-state index in [-0.39, 0.29) is 6.10 Å². The van der Waals surface area contributed by atoms with Gasteiger partial charge in [-0.05, 0) is 49.4 Å². The van der Waals surface area contributed by atoms with Gasteiger partial charge in [0, 0.05) is 58.9 Å². The smallest absolute Gasteiger partial charge is 0.211 e. The van der Waals surface area contributed by atoms with Gasteiger partial charge in [-0.3, -0.25) is 5.10 Å². The van der Waals surface area contributed by atoms with E-state index in [4.69, 9.17) is 27.9 Å². The van der Waals surface area contributed by atoms with Crippen molar-refractivity contribution in [3.63, 3.8) is 0 Å². The number of nitrogens with one attached hydrogen (secondary N) is 1. The summed E-state index contributed by atoms with van der Waals surface area (Å²) in [5, 5.41) is 9.59. The molecule has 0 unspecified atom stereocenters. The number of ether oxygens (including phenoxy) is 1. The number of benzene rings is 2. The number of anilines is 1. The highest BCUT2D eigenvalue weighted by Gasteiger charge is 2.24. The number of halogens is 2. The maximum absolute atomic E-state index is 11.8. The Bertz CT molecular complexity index is 1480. The standard InChI is InChI=1S/C25H25Cl2N5O3S/c1-16(24-20(26)4-3-5-21(24)27)35-18-7-8-22-19(14-18)25(30-29-22)17-6-9-23(28-15-17)31-10-12-32(13-11-31)36(2,33)34/h3-9,14-16H,10-13H2,1-2H3,(H,29,30)/t16-/m1/s1. The fourth-order valence-electron chi connectivity index (χ4n) is 4.41. The molecule has 0 radical (unpaired) electrons. The molecule has 2 aromatic carbocycles. The third-order valence-electron chi connectivity index (χ3n) is 6.31. The van der Waals surface area contributed by atoms with Crippen LogP contribution < -0.4 is 9.64 Å². The van der Waals surface area contributed by atoms with Crippen LogP contribution in [-0.2, 0) is 10.0 Å². The minimum absolute atomic E-state index is 0.344. The number of pyridine rings is 1. The third kappa shape index (κ3) is 5.01. The topological polar surface area (TPSA) is 91.4 Å². The van der Waals surface area contributed by atoms with Crippen LogP contribution in [0.3, 0.4) is 0 Å². The van der Waals surface area contributed by atoms with E-state index in [1.807, 2.05) is 37.3 Å². The number of aromatic nitrogens is 3. The van der Waals surface area contributed by atoms with Gasteiger partial charge in [-0.1, -0.05) is 29.3 Å². The second kappa shape index (κ2) is 9.89. The second-order valence-electron chi connectivity index (χ2n) is 8.73. The van der Waals surface area contributed by atoms with E-state index in [1.54, 1.807) is 24.4 Å². The van der Waals surface area contributed by atoms with Crippen LogP contribution in [0.1, 0.15) is 18.6 Å². The molecule has 5 rings (SSSR count). The highest BCUT2D eigenvalue weighted by molar-refractivity contribution is 7.88. The molecule has 36 heavy (non-hydrogen) atoms. The fraction of sp³-hybridized carbons (Fsp3) is 0.280. The molecule has 3 heterocycles. The highest BCUT2D eigenvalue weighted by atomic mass is 35.5. The minimum Gasteiger partial charge on any atom is -0.486 e. The monoisotopic (exact) mass is 545 g/mol. The Labute approximate surface area is 219 Å². The maximum atomic E-state index is 11.8. The first kappa shape index (κ1) is 24.8. The molecule has 11 heteroatoms. The summed E-state index contributed by atoms with van der Waals surface area (Å²) in [6, 6.07) is 15.0. The zero-order valence-electron chi connectivity index (χ0n) is 19.8. The lowest BCUT2D eigenvalue weighted by Crippen LogP contribution is -2.48. The number of H-pyrrole nitrogens is 1. The van der Waals surface area contributed by atoms with Gasteiger partial charge in [-0.25, -0.2) is 13.4 Å². The number of rotatable bonds is 6. The second-order valence-corrected chi connectivity index (χ2v) is 11.5. The summed E-state index contributed by atoms with van der Waals surface area (Å²) in [4.78, 5) is 6.71. The number of hydrogen-bond donors (Lipinski definition) is 1. The maximum Gasteiger partial charge on any atom is 0.211 e. The van der Waals surface area contributed by atoms with Crippen LogP contribution in [0.25, 0.3) is 22.2 Å². The highest BCUT2D eigenvalue weighted by Crippen LogP contribution is 2.35. The van der Waals surface area contributed by atoms with E-state index in [0.717, 1.165) is 33.5 Å². The quantitative estimate of drug-likeness (QED) is 0.360. The number of aromatic amines is 1. The zero-order valence-corrected chi connectivity index (χ0v) is 22.1. The summed E-state index contributed by atoms with van der Waals surface area (Å²) in [7, 11) is -3.17. The Balaban J connectivity index is 1.35. The van der Waals surface area contributed by atoms with E-state index in [0.29, 0.717) is 42.0 Å². The summed E-state index contributed by atoms with van der Waals surface area (Å²) >= 11 is 12.7. The van der Waals surface area contributed by atoms with E-state index in [9.17, 15) is 8.42 Å². The number of sulfonamides is 1. The third-order valence-corrected chi connectivity index (χ3v) is 8.27. The first-order chi connectivity index (χ1) is 17.2. The Morgan fingerprint density at radius 2 is 1.75 bits per heavy atom. The van der Waals surface area contributed by atoms with Crippen molar-refractivity contribution in [2.75, 3.05) is 37.3 Å². The Morgan fingerprint density at radius 3 is 2.39 bits per heavy atom. The van der Waals surface area contributed by atoms with Crippen molar-refractivity contribution in [3.8, 4) is 17.0 Å². The first-order valence-corrected chi connectivity index (χ1v) is 14.1. The van der Waals surface area contributed by atoms with E-state index in [2.05, 4.69) is 20.1 Å². The van der Waals surface area contributed by atoms with Gasteiger partial charge >= 0.3 is 0 Å². The van der Waals surface area contributed by atoms with Gasteiger partial charge in [-0.15, -0.1) is 0 Å². The predicted octanol–water partition coefficient (Wildman–Crippen LogP) is 5.15. The lowest BCUT2D eigenvalue weighted by atomic mass is 10.1.